The van der Waals surface area contributed by atoms with Crippen LogP contribution in [-0.2, 0) is 24.3 Å². The number of carbonyl (C=O) groups is 3. The Balaban J connectivity index is 0.901. The van der Waals surface area contributed by atoms with Crippen LogP contribution in [0.25, 0.3) is 21.3 Å². The minimum Gasteiger partial charge on any atom is -0.481 e. The first kappa shape index (κ1) is 42.2. The fourth-order valence-corrected chi connectivity index (χ4v) is 12.6. The maximum Gasteiger partial charge on any atom is 0.303 e. The van der Waals surface area contributed by atoms with E-state index in [0.29, 0.717) is 47.3 Å². The van der Waals surface area contributed by atoms with Crippen LogP contribution < -0.4 is 15.5 Å². The number of hydrogen-bond acceptors (Lipinski definition) is 8. The highest BCUT2D eigenvalue weighted by Crippen LogP contribution is 2.60. The summed E-state index contributed by atoms with van der Waals surface area (Å²) in [6.07, 6.45) is 20.5. The summed E-state index contributed by atoms with van der Waals surface area (Å²) in [6.45, 7) is 4.89. The topological polar surface area (TPSA) is 142 Å². The second-order valence-electron chi connectivity index (χ2n) is 18.9. The van der Waals surface area contributed by atoms with E-state index >= 15 is 0 Å². The predicted molar refractivity (Wildman–Crippen MR) is 246 cm³/mol. The Labute approximate surface area is 369 Å². The molecule has 4 bridgehead atoms. The van der Waals surface area contributed by atoms with Crippen LogP contribution in [0.3, 0.4) is 0 Å². The average Bonchev–Trinajstić information content (AvgIpc) is 3.84. The molecule has 0 radical (unpaired) electrons. The number of carboxylic acid groups (broad SMARTS) is 1. The predicted octanol–water partition coefficient (Wildman–Crippen LogP) is 10.6. The normalized spacial score (nSPS) is 21.3. The second-order valence-corrected chi connectivity index (χ2v) is 20.0. The van der Waals surface area contributed by atoms with Gasteiger partial charge in [0.05, 0.1) is 16.4 Å². The number of unbranched alkanes of at least 4 members (excludes halogenated alkanes) is 8. The molecule has 4 aliphatic carbocycles. The summed E-state index contributed by atoms with van der Waals surface area (Å²) in [5.74, 6) is 2.26. The van der Waals surface area contributed by atoms with Crippen molar-refractivity contribution in [3.63, 3.8) is 0 Å². The number of para-hydroxylation sites is 1. The molecule has 11 nitrogen and oxygen atoms in total. The van der Waals surface area contributed by atoms with Crippen molar-refractivity contribution in [2.45, 2.75) is 129 Å². The van der Waals surface area contributed by atoms with Crippen molar-refractivity contribution in [3.05, 3.63) is 88.9 Å². The van der Waals surface area contributed by atoms with Gasteiger partial charge in [-0.05, 0) is 129 Å². The highest BCUT2D eigenvalue weighted by Gasteiger charge is 2.51. The van der Waals surface area contributed by atoms with Crippen LogP contribution in [-0.4, -0.2) is 55.7 Å². The molecule has 0 spiro atoms. The maximum absolute atomic E-state index is 14.3. The van der Waals surface area contributed by atoms with Gasteiger partial charge in [0.2, 0.25) is 0 Å². The van der Waals surface area contributed by atoms with E-state index in [0.717, 1.165) is 127 Å². The summed E-state index contributed by atoms with van der Waals surface area (Å²) in [6, 6.07) is 17.9. The van der Waals surface area contributed by atoms with E-state index < -0.39 is 5.97 Å². The Morgan fingerprint density at radius 2 is 1.52 bits per heavy atom. The number of benzene rings is 2. The molecule has 3 N–H and O–H groups in total. The largest absolute Gasteiger partial charge is 0.481 e. The Morgan fingerprint density at radius 3 is 2.24 bits per heavy atom. The van der Waals surface area contributed by atoms with Crippen molar-refractivity contribution in [2.24, 2.45) is 23.2 Å². The molecule has 5 aliphatic rings. The molecule has 3 aromatic heterocycles. The third-order valence-electron chi connectivity index (χ3n) is 14.3. The number of nitrogens with one attached hydrogen (secondary N) is 2. The summed E-state index contributed by atoms with van der Waals surface area (Å²) in [5.41, 5.74) is 7.19. The number of anilines is 2. The van der Waals surface area contributed by atoms with E-state index in [1.807, 2.05) is 48.7 Å². The molecule has 10 rings (SSSR count). The van der Waals surface area contributed by atoms with Gasteiger partial charge in [0.15, 0.2) is 5.13 Å². The number of hydrogen-bond donors (Lipinski definition) is 3. The highest BCUT2D eigenvalue weighted by molar-refractivity contribution is 7.22. The number of pyridine rings is 1. The number of aliphatic carboxylic acids is 1. The molecular weight excluding hydrogens is 795 g/mol. The molecule has 326 valence electrons. The molecule has 4 heterocycles. The van der Waals surface area contributed by atoms with E-state index in [2.05, 4.69) is 44.3 Å². The lowest BCUT2D eigenvalue weighted by Gasteiger charge is -2.56. The fraction of sp³-hybridized carbons (Fsp3) is 0.520. The van der Waals surface area contributed by atoms with Crippen molar-refractivity contribution in [1.29, 1.82) is 0 Å². The molecule has 4 saturated carbocycles. The highest BCUT2D eigenvalue weighted by atomic mass is 32.1. The average molecular weight is 856 g/mol. The van der Waals surface area contributed by atoms with Crippen LogP contribution in [0.2, 0.25) is 0 Å². The first-order valence-electron chi connectivity index (χ1n) is 23.3. The summed E-state index contributed by atoms with van der Waals surface area (Å²) < 4.78 is 3.25. The first-order chi connectivity index (χ1) is 30.2. The van der Waals surface area contributed by atoms with Gasteiger partial charge in [-0.1, -0.05) is 80.5 Å². The molecule has 0 saturated heterocycles. The van der Waals surface area contributed by atoms with E-state index in [1.165, 1.54) is 49.9 Å². The molecule has 2 aromatic carbocycles. The zero-order chi connectivity index (χ0) is 42.6. The van der Waals surface area contributed by atoms with Crippen molar-refractivity contribution in [2.75, 3.05) is 23.3 Å². The van der Waals surface area contributed by atoms with Gasteiger partial charge in [0, 0.05) is 55.0 Å². The van der Waals surface area contributed by atoms with Crippen LogP contribution in [0.5, 0.6) is 0 Å². The standard InChI is InChI=1S/C50H61N7O4S/c1-33-40(30-52-57(33)32-50-27-34-24-35(28-50)26-36(25-34)29-50)38-19-20-44(54-46(38)48(61)51-22-12-8-6-4-2-3-5-7-9-18-45(58)59)56-23-21-37-14-13-15-39(41(37)31-56)47(60)55-49-53-42-16-10-11-17-43(42)62-49/h10-11,13-17,19-20,30,34-36H,2-9,12,18,21-29,31-32H2,1H3,(H,51,61)(H,58,59)(H,53,55,60). The molecule has 1 aliphatic heterocycles. The Bertz CT molecular complexity index is 2350. The minimum atomic E-state index is -0.711. The first-order valence-corrected chi connectivity index (χ1v) is 24.1. The summed E-state index contributed by atoms with van der Waals surface area (Å²) >= 11 is 1.47. The number of carbonyl (C=O) groups excluding carboxylic acids is 2. The molecule has 0 atom stereocenters. The van der Waals surface area contributed by atoms with Gasteiger partial charge in [-0.15, -0.1) is 0 Å². The lowest BCUT2D eigenvalue weighted by molar-refractivity contribution is -0.137. The summed E-state index contributed by atoms with van der Waals surface area (Å²) in [7, 11) is 0. The van der Waals surface area contributed by atoms with E-state index in [4.69, 9.17) is 15.2 Å². The van der Waals surface area contributed by atoms with Gasteiger partial charge in [-0.3, -0.25) is 24.4 Å². The van der Waals surface area contributed by atoms with Crippen molar-refractivity contribution < 1.29 is 19.5 Å². The molecular formula is C50H61N7O4S. The molecule has 5 aromatic rings. The monoisotopic (exact) mass is 855 g/mol. The van der Waals surface area contributed by atoms with Gasteiger partial charge in [-0.25, -0.2) is 9.97 Å². The van der Waals surface area contributed by atoms with Gasteiger partial charge in [0.25, 0.3) is 11.8 Å². The van der Waals surface area contributed by atoms with Crippen LogP contribution in [0.15, 0.2) is 60.8 Å². The van der Waals surface area contributed by atoms with Gasteiger partial charge in [0.1, 0.15) is 11.5 Å². The van der Waals surface area contributed by atoms with Gasteiger partial charge < -0.3 is 15.3 Å². The van der Waals surface area contributed by atoms with E-state index in [9.17, 15) is 14.4 Å². The Hall–Kier alpha value is -5.10. The number of aromatic nitrogens is 4. The van der Waals surface area contributed by atoms with Crippen LogP contribution in [0.4, 0.5) is 10.9 Å². The molecule has 4 fully saturated rings. The van der Waals surface area contributed by atoms with Crippen LogP contribution in [0.1, 0.15) is 140 Å². The van der Waals surface area contributed by atoms with Gasteiger partial charge in [-0.2, -0.15) is 5.10 Å². The van der Waals surface area contributed by atoms with Gasteiger partial charge >= 0.3 is 5.97 Å². The smallest absolute Gasteiger partial charge is 0.303 e. The van der Waals surface area contributed by atoms with Crippen LogP contribution in [0, 0.1) is 30.1 Å². The number of rotatable bonds is 19. The number of fused-ring (bicyclic) bond motifs is 2. The van der Waals surface area contributed by atoms with Crippen LogP contribution >= 0.6 is 11.3 Å². The number of nitrogens with zero attached hydrogens (tertiary/aromatic N) is 5. The molecule has 0 unspecified atom stereocenters. The fourth-order valence-electron chi connectivity index (χ4n) is 11.7. The number of amides is 2. The zero-order valence-corrected chi connectivity index (χ0v) is 37.0. The lowest BCUT2D eigenvalue weighted by Crippen LogP contribution is -2.48. The number of thiazole rings is 1. The van der Waals surface area contributed by atoms with Crippen molar-refractivity contribution in [3.8, 4) is 11.1 Å². The molecule has 12 heteroatoms. The van der Waals surface area contributed by atoms with E-state index in [-0.39, 0.29) is 18.2 Å². The summed E-state index contributed by atoms with van der Waals surface area (Å²) in [4.78, 5) is 50.8. The zero-order valence-electron chi connectivity index (χ0n) is 36.2. The SMILES string of the molecule is Cc1c(-c2ccc(N3CCc4cccc(C(=O)Nc5nc6ccccc6s5)c4C3)nc2C(=O)NCCCCCCCCCCCC(=O)O)cnn1CC12CC3CC(CC(C3)C1)C2. The summed E-state index contributed by atoms with van der Waals surface area (Å²) in [5, 5.41) is 20.7. The number of carboxylic acids is 1. The van der Waals surface area contributed by atoms with E-state index in [1.54, 1.807) is 0 Å². The quantitative estimate of drug-likeness (QED) is 0.0697. The third kappa shape index (κ3) is 9.45. The minimum absolute atomic E-state index is 0.176. The Kier molecular flexibility index (Phi) is 12.7. The second kappa shape index (κ2) is 18.7. The molecule has 2 amide bonds. The molecule has 62 heavy (non-hydrogen) atoms. The lowest BCUT2D eigenvalue weighted by atomic mass is 9.49. The third-order valence-corrected chi connectivity index (χ3v) is 15.3. The van der Waals surface area contributed by atoms with Crippen molar-refractivity contribution >= 4 is 50.3 Å². The van der Waals surface area contributed by atoms with Crippen molar-refractivity contribution in [1.82, 2.24) is 25.1 Å². The maximum atomic E-state index is 14.3. The Morgan fingerprint density at radius 1 is 0.806 bits per heavy atom.